The summed E-state index contributed by atoms with van der Waals surface area (Å²) in [5, 5.41) is 0. The van der Waals surface area contributed by atoms with Gasteiger partial charge in [0, 0.05) is 11.1 Å². The van der Waals surface area contributed by atoms with Gasteiger partial charge in [-0.15, -0.1) is 0 Å². The maximum Gasteiger partial charge on any atom is 0.323 e. The van der Waals surface area contributed by atoms with Gasteiger partial charge in [0.15, 0.2) is 5.78 Å². The van der Waals surface area contributed by atoms with E-state index in [-0.39, 0.29) is 5.78 Å². The van der Waals surface area contributed by atoms with E-state index < -0.39 is 17.7 Å². The van der Waals surface area contributed by atoms with Crippen molar-refractivity contribution < 1.29 is 18.7 Å². The van der Waals surface area contributed by atoms with Crippen molar-refractivity contribution in [3.05, 3.63) is 137 Å². The van der Waals surface area contributed by atoms with Crippen LogP contribution in [0, 0.1) is 5.82 Å². The molecule has 0 spiro atoms. The summed E-state index contributed by atoms with van der Waals surface area (Å²) in [5.41, 5.74) is 2.48. The molecule has 0 fully saturated rings. The van der Waals surface area contributed by atoms with Gasteiger partial charge in [-0.1, -0.05) is 60.7 Å². The number of ketones is 1. The van der Waals surface area contributed by atoms with Crippen LogP contribution in [0.5, 0.6) is 5.75 Å². The molecule has 4 rings (SSSR count). The van der Waals surface area contributed by atoms with Gasteiger partial charge in [-0.3, -0.25) is 9.59 Å². The fraction of sp³-hybridized carbons (Fsp3) is 0.0370. The van der Waals surface area contributed by atoms with E-state index in [0.29, 0.717) is 16.9 Å². The van der Waals surface area contributed by atoms with Crippen molar-refractivity contribution in [2.75, 3.05) is 0 Å². The maximum absolute atomic E-state index is 13.1. The number of carbonyl (C=O) groups excluding carboxylic acids is 2. The summed E-state index contributed by atoms with van der Waals surface area (Å²) < 4.78 is 18.7. The predicted octanol–water partition coefficient (Wildman–Crippen LogP) is 5.79. The van der Waals surface area contributed by atoms with Gasteiger partial charge in [0.1, 0.15) is 17.5 Å². The first kappa shape index (κ1) is 20.2. The third-order valence-corrected chi connectivity index (χ3v) is 4.94. The van der Waals surface area contributed by atoms with Crippen LogP contribution in [0.3, 0.4) is 0 Å². The number of esters is 1. The number of hydrogen-bond donors (Lipinski definition) is 0. The first-order chi connectivity index (χ1) is 15.1. The Kier molecular flexibility index (Phi) is 5.99. The molecule has 4 heteroatoms. The predicted molar refractivity (Wildman–Crippen MR) is 117 cm³/mol. The van der Waals surface area contributed by atoms with E-state index >= 15 is 0 Å². The number of halogens is 1. The Labute approximate surface area is 179 Å². The fourth-order valence-electron chi connectivity index (χ4n) is 3.37. The Balaban J connectivity index is 1.54. The molecular weight excluding hydrogens is 391 g/mol. The molecule has 152 valence electrons. The number of hydrogen-bond acceptors (Lipinski definition) is 3. The highest BCUT2D eigenvalue weighted by Crippen LogP contribution is 2.27. The van der Waals surface area contributed by atoms with Crippen LogP contribution in [0.1, 0.15) is 33.0 Å². The third kappa shape index (κ3) is 4.75. The molecule has 0 radical (unpaired) electrons. The molecule has 0 amide bonds. The van der Waals surface area contributed by atoms with Gasteiger partial charge >= 0.3 is 5.97 Å². The minimum Gasteiger partial charge on any atom is -0.426 e. The second kappa shape index (κ2) is 9.18. The van der Waals surface area contributed by atoms with Crippen molar-refractivity contribution in [3.63, 3.8) is 0 Å². The molecule has 4 aromatic carbocycles. The first-order valence-corrected chi connectivity index (χ1v) is 9.84. The highest BCUT2D eigenvalue weighted by Gasteiger charge is 2.24. The molecule has 0 aliphatic heterocycles. The van der Waals surface area contributed by atoms with Gasteiger partial charge in [0.05, 0.1) is 0 Å². The Bertz CT molecular complexity index is 1130. The summed E-state index contributed by atoms with van der Waals surface area (Å²) >= 11 is 0. The van der Waals surface area contributed by atoms with Crippen molar-refractivity contribution >= 4 is 11.8 Å². The standard InChI is InChI=1S/C27H19FO3/c28-23-15-11-21(12-16-23)26(29)22-13-17-24(18-14-22)31-27(30)25(19-7-3-1-4-8-19)20-9-5-2-6-10-20/h1-18,25H. The molecule has 0 heterocycles. The van der Waals surface area contributed by atoms with Crippen LogP contribution in [0.4, 0.5) is 4.39 Å². The smallest absolute Gasteiger partial charge is 0.323 e. The lowest BCUT2D eigenvalue weighted by molar-refractivity contribution is -0.135. The molecule has 0 atom stereocenters. The van der Waals surface area contributed by atoms with E-state index in [9.17, 15) is 14.0 Å². The maximum atomic E-state index is 13.1. The minimum absolute atomic E-state index is 0.232. The second-order valence-electron chi connectivity index (χ2n) is 7.04. The summed E-state index contributed by atoms with van der Waals surface area (Å²) in [4.78, 5) is 25.6. The van der Waals surface area contributed by atoms with E-state index in [2.05, 4.69) is 0 Å². The van der Waals surface area contributed by atoms with Crippen molar-refractivity contribution in [1.29, 1.82) is 0 Å². The van der Waals surface area contributed by atoms with Gasteiger partial charge in [-0.2, -0.15) is 0 Å². The fourth-order valence-corrected chi connectivity index (χ4v) is 3.37. The zero-order chi connectivity index (χ0) is 21.6. The minimum atomic E-state index is -0.567. The van der Waals surface area contributed by atoms with Crippen molar-refractivity contribution in [2.24, 2.45) is 0 Å². The number of benzene rings is 4. The largest absolute Gasteiger partial charge is 0.426 e. The van der Waals surface area contributed by atoms with E-state index in [0.717, 1.165) is 11.1 Å². The molecule has 4 aromatic rings. The summed E-state index contributed by atoms with van der Waals surface area (Å²) in [6.45, 7) is 0. The van der Waals surface area contributed by atoms with Crippen LogP contribution in [0.15, 0.2) is 109 Å². The van der Waals surface area contributed by atoms with Crippen LogP contribution >= 0.6 is 0 Å². The summed E-state index contributed by atoms with van der Waals surface area (Å²) in [5.74, 6) is -1.26. The molecule has 3 nitrogen and oxygen atoms in total. The quantitative estimate of drug-likeness (QED) is 0.229. The van der Waals surface area contributed by atoms with Gasteiger partial charge < -0.3 is 4.74 Å². The van der Waals surface area contributed by atoms with Gasteiger partial charge in [-0.05, 0) is 59.7 Å². The van der Waals surface area contributed by atoms with Gasteiger partial charge in [0.25, 0.3) is 0 Å². The van der Waals surface area contributed by atoms with Crippen LogP contribution in [0.25, 0.3) is 0 Å². The van der Waals surface area contributed by atoms with Crippen LogP contribution in [-0.4, -0.2) is 11.8 Å². The Hall–Kier alpha value is -4.05. The molecule has 0 unspecified atom stereocenters. The zero-order valence-electron chi connectivity index (χ0n) is 16.6. The Morgan fingerprint density at radius 2 is 1.06 bits per heavy atom. The lowest BCUT2D eigenvalue weighted by Gasteiger charge is -2.17. The molecule has 0 bridgehead atoms. The van der Waals surface area contributed by atoms with Crippen molar-refractivity contribution in [3.8, 4) is 5.75 Å². The topological polar surface area (TPSA) is 43.4 Å². The summed E-state index contributed by atoms with van der Waals surface area (Å²) in [6, 6.07) is 30.6. The molecule has 0 aliphatic carbocycles. The molecule has 0 N–H and O–H groups in total. The Morgan fingerprint density at radius 3 is 1.55 bits per heavy atom. The lowest BCUT2D eigenvalue weighted by Crippen LogP contribution is -2.20. The lowest BCUT2D eigenvalue weighted by atomic mass is 9.91. The molecule has 0 saturated carbocycles. The van der Waals surface area contributed by atoms with E-state index in [1.54, 1.807) is 24.3 Å². The van der Waals surface area contributed by atoms with Crippen LogP contribution in [0.2, 0.25) is 0 Å². The molecule has 31 heavy (non-hydrogen) atoms. The number of carbonyl (C=O) groups is 2. The third-order valence-electron chi connectivity index (χ3n) is 4.94. The highest BCUT2D eigenvalue weighted by atomic mass is 19.1. The average molecular weight is 410 g/mol. The molecule has 0 aromatic heterocycles. The molecule has 0 saturated heterocycles. The van der Waals surface area contributed by atoms with E-state index in [1.165, 1.54) is 24.3 Å². The first-order valence-electron chi connectivity index (χ1n) is 9.84. The van der Waals surface area contributed by atoms with Gasteiger partial charge in [-0.25, -0.2) is 4.39 Å². The monoisotopic (exact) mass is 410 g/mol. The zero-order valence-corrected chi connectivity index (χ0v) is 16.6. The number of rotatable bonds is 6. The van der Waals surface area contributed by atoms with Gasteiger partial charge in [0.2, 0.25) is 0 Å². The number of ether oxygens (including phenoxy) is 1. The van der Waals surface area contributed by atoms with Crippen LogP contribution in [-0.2, 0) is 4.79 Å². The summed E-state index contributed by atoms with van der Waals surface area (Å²) in [6.07, 6.45) is 0. The SMILES string of the molecule is O=C(c1ccc(F)cc1)c1ccc(OC(=O)C(c2ccccc2)c2ccccc2)cc1. The normalized spacial score (nSPS) is 10.6. The van der Waals surface area contributed by atoms with E-state index in [1.807, 2.05) is 60.7 Å². The molecule has 0 aliphatic rings. The van der Waals surface area contributed by atoms with Crippen LogP contribution < -0.4 is 4.74 Å². The average Bonchev–Trinajstić information content (AvgIpc) is 2.81. The highest BCUT2D eigenvalue weighted by molar-refractivity contribution is 6.09. The summed E-state index contributed by atoms with van der Waals surface area (Å²) in [7, 11) is 0. The van der Waals surface area contributed by atoms with Crippen molar-refractivity contribution in [1.82, 2.24) is 0 Å². The second-order valence-corrected chi connectivity index (χ2v) is 7.04. The molecular formula is C27H19FO3. The van der Waals surface area contributed by atoms with E-state index in [4.69, 9.17) is 4.74 Å². The Morgan fingerprint density at radius 1 is 0.613 bits per heavy atom. The van der Waals surface area contributed by atoms with Crippen molar-refractivity contribution in [2.45, 2.75) is 5.92 Å².